The second-order valence-corrected chi connectivity index (χ2v) is 5.53. The Labute approximate surface area is 126 Å². The average molecular weight is 327 g/mol. The van der Waals surface area contributed by atoms with E-state index in [-0.39, 0.29) is 22.5 Å². The molecule has 0 atom stereocenters. The maximum Gasteiger partial charge on any atom is 0.359 e. The lowest BCUT2D eigenvalue weighted by Gasteiger charge is -2.19. The van der Waals surface area contributed by atoms with Gasteiger partial charge in [0, 0.05) is 5.02 Å². The first-order chi connectivity index (χ1) is 8.81. The van der Waals surface area contributed by atoms with E-state index >= 15 is 0 Å². The maximum atomic E-state index is 11.5. The van der Waals surface area contributed by atoms with Crippen LogP contribution in [0.2, 0.25) is 15.1 Å². The maximum absolute atomic E-state index is 11.5. The first kappa shape index (κ1) is 16.2. The lowest BCUT2D eigenvalue weighted by molar-refractivity contribution is -0.0504. The molecular formula is C11H14Cl3N3O2. The number of rotatable bonds is 4. The summed E-state index contributed by atoms with van der Waals surface area (Å²) in [5, 5.41) is 10.9. The number of amides is 2. The van der Waals surface area contributed by atoms with Gasteiger partial charge in [-0.3, -0.25) is 10.6 Å². The van der Waals surface area contributed by atoms with Gasteiger partial charge < -0.3 is 0 Å². The van der Waals surface area contributed by atoms with Gasteiger partial charge in [-0.25, -0.2) is 15.3 Å². The highest BCUT2D eigenvalue weighted by atomic mass is 35.5. The molecule has 0 aliphatic rings. The Balaban J connectivity index is 2.65. The molecule has 19 heavy (non-hydrogen) atoms. The minimum Gasteiger partial charge on any atom is -0.294 e. The Kier molecular flexibility index (Phi) is 6.00. The highest BCUT2D eigenvalue weighted by Crippen LogP contribution is 2.33. The molecule has 3 N–H and O–H groups in total. The molecule has 1 rings (SSSR count). The normalized spacial score (nSPS) is 10.5. The fraction of sp³-hybridized carbons (Fsp3) is 0.364. The van der Waals surface area contributed by atoms with E-state index in [0.717, 1.165) is 0 Å². The highest BCUT2D eigenvalue weighted by molar-refractivity contribution is 6.41. The molecule has 0 heterocycles. The zero-order chi connectivity index (χ0) is 14.6. The number of hydrogen-bond donors (Lipinski definition) is 3. The topological polar surface area (TPSA) is 64.6 Å². The number of benzene rings is 1. The predicted octanol–water partition coefficient (Wildman–Crippen LogP) is 4.03. The number of hydrazine groups is 1. The first-order valence-electron chi connectivity index (χ1n) is 5.48. The third kappa shape index (κ3) is 4.95. The van der Waals surface area contributed by atoms with Gasteiger partial charge in [-0.05, 0) is 18.1 Å². The van der Waals surface area contributed by atoms with Gasteiger partial charge in [0.25, 0.3) is 0 Å². The number of hydroxylamine groups is 2. The van der Waals surface area contributed by atoms with E-state index in [1.54, 1.807) is 0 Å². The average Bonchev–Trinajstić information content (AvgIpc) is 2.26. The molecule has 0 saturated heterocycles. The largest absolute Gasteiger partial charge is 0.359 e. The molecule has 8 heteroatoms. The molecule has 0 fully saturated rings. The minimum absolute atomic E-state index is 0.137. The van der Waals surface area contributed by atoms with Crippen molar-refractivity contribution < 1.29 is 10.0 Å². The number of carbonyl (C=O) groups is 1. The Bertz CT molecular complexity index is 445. The standard InChI is InChI=1S/C11H14Cl3N3O2/c1-6(2)5-17(19)11(18)16-15-10-8(13)3-7(12)4-9(10)14/h3-4,6,15,19H,5H2,1-2H3,(H,16,18). The lowest BCUT2D eigenvalue weighted by Crippen LogP contribution is -2.42. The molecule has 0 aromatic heterocycles. The van der Waals surface area contributed by atoms with Gasteiger partial charge in [0.2, 0.25) is 0 Å². The van der Waals surface area contributed by atoms with Crippen molar-refractivity contribution in [1.29, 1.82) is 0 Å². The molecule has 2 amide bonds. The molecule has 0 unspecified atom stereocenters. The van der Waals surface area contributed by atoms with Gasteiger partial charge in [0.05, 0.1) is 22.3 Å². The van der Waals surface area contributed by atoms with Crippen LogP contribution in [0.5, 0.6) is 0 Å². The van der Waals surface area contributed by atoms with E-state index in [4.69, 9.17) is 34.8 Å². The van der Waals surface area contributed by atoms with Crippen molar-refractivity contribution in [2.24, 2.45) is 5.92 Å². The molecule has 5 nitrogen and oxygen atoms in total. The smallest absolute Gasteiger partial charge is 0.294 e. The summed E-state index contributed by atoms with van der Waals surface area (Å²) in [6, 6.07) is 2.25. The Morgan fingerprint density at radius 3 is 2.32 bits per heavy atom. The van der Waals surface area contributed by atoms with Crippen molar-refractivity contribution in [2.75, 3.05) is 12.0 Å². The number of nitrogens with one attached hydrogen (secondary N) is 2. The van der Waals surface area contributed by atoms with Crippen molar-refractivity contribution in [3.8, 4) is 0 Å². The van der Waals surface area contributed by atoms with Crippen LogP contribution in [0.1, 0.15) is 13.8 Å². The summed E-state index contributed by atoms with van der Waals surface area (Å²) in [4.78, 5) is 11.5. The van der Waals surface area contributed by atoms with Crippen molar-refractivity contribution in [2.45, 2.75) is 13.8 Å². The van der Waals surface area contributed by atoms with E-state index in [0.29, 0.717) is 15.8 Å². The summed E-state index contributed by atoms with van der Waals surface area (Å²) in [7, 11) is 0. The molecule has 0 aliphatic carbocycles. The van der Waals surface area contributed by atoms with Crippen molar-refractivity contribution in [1.82, 2.24) is 10.5 Å². The van der Waals surface area contributed by atoms with Gasteiger partial charge in [0.1, 0.15) is 0 Å². The fourth-order valence-corrected chi connectivity index (χ4v) is 2.18. The molecule has 0 bridgehead atoms. The summed E-state index contributed by atoms with van der Waals surface area (Å²) in [6.45, 7) is 3.95. The fourth-order valence-electron chi connectivity index (χ4n) is 1.27. The van der Waals surface area contributed by atoms with E-state index < -0.39 is 6.03 Å². The van der Waals surface area contributed by atoms with E-state index in [2.05, 4.69) is 10.9 Å². The van der Waals surface area contributed by atoms with Gasteiger partial charge in [-0.2, -0.15) is 0 Å². The van der Waals surface area contributed by atoms with Gasteiger partial charge in [-0.1, -0.05) is 48.7 Å². The number of hydrogen-bond acceptors (Lipinski definition) is 3. The Hall–Kier alpha value is -0.880. The lowest BCUT2D eigenvalue weighted by atomic mass is 10.2. The summed E-state index contributed by atoms with van der Waals surface area (Å²) in [5.74, 6) is 0.137. The van der Waals surface area contributed by atoms with Crippen LogP contribution in [0.3, 0.4) is 0 Å². The van der Waals surface area contributed by atoms with Gasteiger partial charge >= 0.3 is 6.03 Å². The SMILES string of the molecule is CC(C)CN(O)C(=O)NNc1c(Cl)cc(Cl)cc1Cl. The van der Waals surface area contributed by atoms with Crippen LogP contribution in [-0.4, -0.2) is 22.8 Å². The monoisotopic (exact) mass is 325 g/mol. The van der Waals surface area contributed by atoms with Crippen molar-refractivity contribution >= 4 is 46.5 Å². The number of carbonyl (C=O) groups excluding carboxylic acids is 1. The van der Waals surface area contributed by atoms with Crippen molar-refractivity contribution in [3.63, 3.8) is 0 Å². The summed E-state index contributed by atoms with van der Waals surface area (Å²) >= 11 is 17.6. The van der Waals surface area contributed by atoms with Crippen LogP contribution < -0.4 is 10.9 Å². The molecule has 0 aliphatic heterocycles. The summed E-state index contributed by atoms with van der Waals surface area (Å²) in [5.41, 5.74) is 5.12. The van der Waals surface area contributed by atoms with Crippen LogP contribution in [0, 0.1) is 5.92 Å². The third-order valence-electron chi connectivity index (χ3n) is 2.07. The van der Waals surface area contributed by atoms with Crippen LogP contribution in [-0.2, 0) is 0 Å². The zero-order valence-corrected chi connectivity index (χ0v) is 12.6. The highest BCUT2D eigenvalue weighted by Gasteiger charge is 2.13. The Morgan fingerprint density at radius 1 is 1.32 bits per heavy atom. The molecule has 0 saturated carbocycles. The van der Waals surface area contributed by atoms with Crippen LogP contribution in [0.4, 0.5) is 10.5 Å². The zero-order valence-electron chi connectivity index (χ0n) is 10.4. The Morgan fingerprint density at radius 2 is 1.84 bits per heavy atom. The first-order valence-corrected chi connectivity index (χ1v) is 6.61. The second-order valence-electron chi connectivity index (χ2n) is 4.28. The quantitative estimate of drug-likeness (QED) is 0.578. The number of nitrogens with zero attached hydrogens (tertiary/aromatic N) is 1. The number of anilines is 1. The van der Waals surface area contributed by atoms with Gasteiger partial charge in [-0.15, -0.1) is 0 Å². The van der Waals surface area contributed by atoms with E-state index in [1.165, 1.54) is 12.1 Å². The van der Waals surface area contributed by atoms with Gasteiger partial charge in [0.15, 0.2) is 0 Å². The number of urea groups is 1. The summed E-state index contributed by atoms with van der Waals surface area (Å²) in [6.07, 6.45) is 0. The van der Waals surface area contributed by atoms with Crippen LogP contribution >= 0.6 is 34.8 Å². The molecule has 1 aromatic rings. The minimum atomic E-state index is -0.712. The molecule has 106 valence electrons. The molecule has 0 radical (unpaired) electrons. The predicted molar refractivity (Wildman–Crippen MR) is 77.0 cm³/mol. The molecule has 1 aromatic carbocycles. The van der Waals surface area contributed by atoms with E-state index in [1.807, 2.05) is 13.8 Å². The van der Waals surface area contributed by atoms with E-state index in [9.17, 15) is 10.0 Å². The van der Waals surface area contributed by atoms with Crippen LogP contribution in [0.25, 0.3) is 0 Å². The van der Waals surface area contributed by atoms with Crippen LogP contribution in [0.15, 0.2) is 12.1 Å². The third-order valence-corrected chi connectivity index (χ3v) is 2.89. The number of halogens is 3. The molecule has 0 spiro atoms. The van der Waals surface area contributed by atoms with Crippen molar-refractivity contribution in [3.05, 3.63) is 27.2 Å². The second kappa shape index (κ2) is 7.05. The molecular weight excluding hydrogens is 312 g/mol. The summed E-state index contributed by atoms with van der Waals surface area (Å²) < 4.78 is 0.